The van der Waals surface area contributed by atoms with Gasteiger partial charge in [-0.05, 0) is 25.1 Å². The summed E-state index contributed by atoms with van der Waals surface area (Å²) in [7, 11) is 1.94. The molecule has 0 bridgehead atoms. The van der Waals surface area contributed by atoms with Crippen LogP contribution in [0.4, 0.5) is 0 Å². The van der Waals surface area contributed by atoms with Gasteiger partial charge in [-0.2, -0.15) is 4.98 Å². The molecule has 0 aromatic carbocycles. The number of rotatable bonds is 6. The van der Waals surface area contributed by atoms with Crippen molar-refractivity contribution in [1.82, 2.24) is 20.0 Å². The van der Waals surface area contributed by atoms with Crippen molar-refractivity contribution in [2.45, 2.75) is 32.9 Å². The molecule has 0 radical (unpaired) electrons. The molecule has 0 saturated heterocycles. The summed E-state index contributed by atoms with van der Waals surface area (Å²) in [6.07, 6.45) is 6.00. The number of hydrogen-bond donors (Lipinski definition) is 1. The highest BCUT2D eigenvalue weighted by Crippen LogP contribution is 2.05. The Morgan fingerprint density at radius 3 is 3.12 bits per heavy atom. The molecule has 2 rings (SSSR count). The highest BCUT2D eigenvalue weighted by Gasteiger charge is 2.06. The Labute approximate surface area is 101 Å². The third-order valence-corrected chi connectivity index (χ3v) is 2.49. The summed E-state index contributed by atoms with van der Waals surface area (Å²) in [4.78, 5) is 4.34. The molecular formula is C12H18N4O. The summed E-state index contributed by atoms with van der Waals surface area (Å²) in [5.74, 6) is 1.46. The van der Waals surface area contributed by atoms with Crippen molar-refractivity contribution in [3.63, 3.8) is 0 Å². The first-order valence-corrected chi connectivity index (χ1v) is 5.92. The largest absolute Gasteiger partial charge is 0.346 e. The molecule has 2 heterocycles. The Bertz CT molecular complexity index is 418. The van der Waals surface area contributed by atoms with Crippen LogP contribution in [0.1, 0.15) is 30.6 Å². The molecule has 0 amide bonds. The van der Waals surface area contributed by atoms with Gasteiger partial charge in [0.25, 0.3) is 0 Å². The molecule has 0 saturated carbocycles. The summed E-state index contributed by atoms with van der Waals surface area (Å²) < 4.78 is 7.21. The second-order valence-electron chi connectivity index (χ2n) is 4.08. The lowest BCUT2D eigenvalue weighted by Gasteiger charge is -1.97. The van der Waals surface area contributed by atoms with Crippen LogP contribution in [0.2, 0.25) is 0 Å². The van der Waals surface area contributed by atoms with Crippen LogP contribution in [0.5, 0.6) is 0 Å². The zero-order valence-corrected chi connectivity index (χ0v) is 10.3. The van der Waals surface area contributed by atoms with Gasteiger partial charge in [-0.1, -0.05) is 12.1 Å². The number of nitrogens with zero attached hydrogens (tertiary/aromatic N) is 3. The Morgan fingerprint density at radius 1 is 1.47 bits per heavy atom. The van der Waals surface area contributed by atoms with Gasteiger partial charge in [-0.15, -0.1) is 0 Å². The van der Waals surface area contributed by atoms with Crippen LogP contribution in [0, 0.1) is 0 Å². The van der Waals surface area contributed by atoms with E-state index < -0.39 is 0 Å². The smallest absolute Gasteiger partial charge is 0.226 e. The normalized spacial score (nSPS) is 10.9. The molecule has 0 atom stereocenters. The number of hydrogen-bond acceptors (Lipinski definition) is 4. The molecule has 2 aromatic rings. The minimum absolute atomic E-state index is 0.664. The number of aromatic nitrogens is 3. The third kappa shape index (κ3) is 3.17. The second kappa shape index (κ2) is 5.63. The van der Waals surface area contributed by atoms with E-state index in [1.807, 2.05) is 13.2 Å². The fourth-order valence-electron chi connectivity index (χ4n) is 1.73. The molecule has 0 aliphatic heterocycles. The predicted octanol–water partition coefficient (Wildman–Crippen LogP) is 1.59. The summed E-state index contributed by atoms with van der Waals surface area (Å²) in [5.41, 5.74) is 1.25. The maximum atomic E-state index is 5.14. The van der Waals surface area contributed by atoms with E-state index in [1.54, 1.807) is 0 Å². The highest BCUT2D eigenvalue weighted by molar-refractivity contribution is 5.10. The van der Waals surface area contributed by atoms with Gasteiger partial charge >= 0.3 is 0 Å². The topological polar surface area (TPSA) is 55.9 Å². The SMILES string of the molecule is CCCc1nc(Cn2ccc(CNC)c2)no1. The lowest BCUT2D eigenvalue weighted by atomic mass is 10.3. The molecule has 5 nitrogen and oxygen atoms in total. The van der Waals surface area contributed by atoms with E-state index in [0.29, 0.717) is 6.54 Å². The summed E-state index contributed by atoms with van der Waals surface area (Å²) in [6.45, 7) is 3.64. The summed E-state index contributed by atoms with van der Waals surface area (Å²) in [6, 6.07) is 2.09. The fourth-order valence-corrected chi connectivity index (χ4v) is 1.73. The van der Waals surface area contributed by atoms with Crippen molar-refractivity contribution in [2.75, 3.05) is 7.05 Å². The molecule has 0 aliphatic carbocycles. The van der Waals surface area contributed by atoms with Crippen LogP contribution in [-0.4, -0.2) is 21.8 Å². The highest BCUT2D eigenvalue weighted by atomic mass is 16.5. The zero-order valence-electron chi connectivity index (χ0n) is 10.3. The maximum Gasteiger partial charge on any atom is 0.226 e. The van der Waals surface area contributed by atoms with E-state index in [-0.39, 0.29) is 0 Å². The second-order valence-corrected chi connectivity index (χ2v) is 4.08. The van der Waals surface area contributed by atoms with Gasteiger partial charge in [0.2, 0.25) is 5.89 Å². The predicted molar refractivity (Wildman–Crippen MR) is 64.6 cm³/mol. The Kier molecular flexibility index (Phi) is 3.93. The van der Waals surface area contributed by atoms with E-state index in [9.17, 15) is 0 Å². The summed E-state index contributed by atoms with van der Waals surface area (Å²) >= 11 is 0. The molecule has 1 N–H and O–H groups in total. The first kappa shape index (κ1) is 11.9. The molecule has 0 spiro atoms. The van der Waals surface area contributed by atoms with Gasteiger partial charge < -0.3 is 14.4 Å². The van der Waals surface area contributed by atoms with Crippen molar-refractivity contribution in [3.8, 4) is 0 Å². The minimum Gasteiger partial charge on any atom is -0.346 e. The van der Waals surface area contributed by atoms with Crippen molar-refractivity contribution in [1.29, 1.82) is 0 Å². The van der Waals surface area contributed by atoms with E-state index in [1.165, 1.54) is 5.56 Å². The van der Waals surface area contributed by atoms with Gasteiger partial charge in [0, 0.05) is 25.4 Å². The molecule has 0 unspecified atom stereocenters. The quantitative estimate of drug-likeness (QED) is 0.824. The van der Waals surface area contributed by atoms with Crippen LogP contribution < -0.4 is 5.32 Å². The van der Waals surface area contributed by atoms with Gasteiger partial charge in [0.1, 0.15) is 0 Å². The third-order valence-electron chi connectivity index (χ3n) is 2.49. The fraction of sp³-hybridized carbons (Fsp3) is 0.500. The first-order chi connectivity index (χ1) is 8.31. The van der Waals surface area contributed by atoms with Gasteiger partial charge in [0.05, 0.1) is 6.54 Å². The van der Waals surface area contributed by atoms with Gasteiger partial charge in [0.15, 0.2) is 5.82 Å². The molecular weight excluding hydrogens is 216 g/mol. The monoisotopic (exact) mass is 234 g/mol. The zero-order chi connectivity index (χ0) is 12.1. The van der Waals surface area contributed by atoms with Crippen molar-refractivity contribution in [3.05, 3.63) is 35.7 Å². The molecule has 17 heavy (non-hydrogen) atoms. The van der Waals surface area contributed by atoms with Gasteiger partial charge in [-0.25, -0.2) is 0 Å². The van der Waals surface area contributed by atoms with Crippen molar-refractivity contribution in [2.24, 2.45) is 0 Å². The first-order valence-electron chi connectivity index (χ1n) is 5.92. The van der Waals surface area contributed by atoms with Crippen LogP contribution >= 0.6 is 0 Å². The average Bonchev–Trinajstić information content (AvgIpc) is 2.91. The minimum atomic E-state index is 0.664. The van der Waals surface area contributed by atoms with E-state index >= 15 is 0 Å². The van der Waals surface area contributed by atoms with Crippen molar-refractivity contribution < 1.29 is 4.52 Å². The average molecular weight is 234 g/mol. The number of aryl methyl sites for hydroxylation is 1. The Hall–Kier alpha value is -1.62. The lowest BCUT2D eigenvalue weighted by molar-refractivity contribution is 0.371. The molecule has 0 fully saturated rings. The van der Waals surface area contributed by atoms with E-state index in [2.05, 4.69) is 39.2 Å². The van der Waals surface area contributed by atoms with Gasteiger partial charge in [-0.3, -0.25) is 0 Å². The Balaban J connectivity index is 1.98. The van der Waals surface area contributed by atoms with Crippen molar-refractivity contribution >= 4 is 0 Å². The standard InChI is InChI=1S/C12H18N4O/c1-3-4-12-14-11(15-17-12)9-16-6-5-10(8-16)7-13-2/h5-6,8,13H,3-4,7,9H2,1-2H3. The van der Waals surface area contributed by atoms with E-state index in [4.69, 9.17) is 4.52 Å². The molecule has 2 aromatic heterocycles. The van der Waals surface area contributed by atoms with E-state index in [0.717, 1.165) is 31.1 Å². The maximum absolute atomic E-state index is 5.14. The van der Waals surface area contributed by atoms with Crippen LogP contribution in [0.3, 0.4) is 0 Å². The molecule has 0 aliphatic rings. The van der Waals surface area contributed by atoms with Crippen LogP contribution in [0.15, 0.2) is 23.0 Å². The van der Waals surface area contributed by atoms with Crippen LogP contribution in [-0.2, 0) is 19.5 Å². The number of nitrogens with one attached hydrogen (secondary N) is 1. The summed E-state index contributed by atoms with van der Waals surface area (Å²) in [5, 5.41) is 7.08. The lowest BCUT2D eigenvalue weighted by Crippen LogP contribution is -2.04. The molecule has 5 heteroatoms. The Morgan fingerprint density at radius 2 is 2.35 bits per heavy atom. The molecule has 92 valence electrons. The van der Waals surface area contributed by atoms with Crippen LogP contribution in [0.25, 0.3) is 0 Å².